The van der Waals surface area contributed by atoms with Gasteiger partial charge in [-0.2, -0.15) is 0 Å². The van der Waals surface area contributed by atoms with Crippen molar-refractivity contribution in [2.24, 2.45) is 0 Å². The molecule has 162 valence electrons. The molecule has 1 aromatic heterocycles. The van der Waals surface area contributed by atoms with Crippen LogP contribution in [0.4, 0.5) is 9.93 Å². The predicted octanol–water partition coefficient (Wildman–Crippen LogP) is 3.13. The van der Waals surface area contributed by atoms with E-state index < -0.39 is 0 Å². The summed E-state index contributed by atoms with van der Waals surface area (Å²) >= 11 is 1.67. The van der Waals surface area contributed by atoms with Crippen LogP contribution in [-0.4, -0.2) is 73.7 Å². The highest BCUT2D eigenvalue weighted by Crippen LogP contribution is 2.27. The number of nitrogens with zero attached hydrogens (tertiary/aromatic N) is 4. The van der Waals surface area contributed by atoms with E-state index in [9.17, 15) is 4.79 Å². The van der Waals surface area contributed by atoms with Gasteiger partial charge < -0.3 is 19.9 Å². The van der Waals surface area contributed by atoms with E-state index in [2.05, 4.69) is 37.6 Å². The van der Waals surface area contributed by atoms with Gasteiger partial charge in [0.25, 0.3) is 0 Å². The summed E-state index contributed by atoms with van der Waals surface area (Å²) in [7, 11) is 1.69. The maximum absolute atomic E-state index is 12.9. The van der Waals surface area contributed by atoms with Crippen LogP contribution in [0.2, 0.25) is 0 Å². The molecule has 2 fully saturated rings. The number of nitrogens with one attached hydrogen (secondary N) is 1. The molecule has 1 atom stereocenters. The van der Waals surface area contributed by atoms with Crippen LogP contribution in [0.15, 0.2) is 29.6 Å². The number of carbonyl (C=O) groups excluding carboxylic acids is 1. The fraction of sp³-hybridized carbons (Fsp3) is 0.545. The van der Waals surface area contributed by atoms with Gasteiger partial charge in [0.15, 0.2) is 5.13 Å². The molecule has 2 amide bonds. The van der Waals surface area contributed by atoms with Gasteiger partial charge in [0.1, 0.15) is 5.75 Å². The van der Waals surface area contributed by atoms with Crippen LogP contribution >= 0.6 is 11.3 Å². The van der Waals surface area contributed by atoms with Crippen LogP contribution in [0.1, 0.15) is 30.1 Å². The second-order valence-corrected chi connectivity index (χ2v) is 8.80. The first-order valence-electron chi connectivity index (χ1n) is 10.7. The van der Waals surface area contributed by atoms with Crippen molar-refractivity contribution in [1.82, 2.24) is 20.1 Å². The molecule has 3 heterocycles. The Hall–Kier alpha value is -2.32. The molecule has 1 unspecified atom stereocenters. The van der Waals surface area contributed by atoms with Gasteiger partial charge in [0.05, 0.1) is 18.8 Å². The quantitative estimate of drug-likeness (QED) is 0.765. The van der Waals surface area contributed by atoms with Gasteiger partial charge in [-0.05, 0) is 50.6 Å². The van der Waals surface area contributed by atoms with E-state index in [0.29, 0.717) is 6.54 Å². The molecule has 2 aromatic rings. The summed E-state index contributed by atoms with van der Waals surface area (Å²) < 4.78 is 5.41. The number of hydrogen-bond donors (Lipinski definition) is 1. The average Bonchev–Trinajstić information content (AvgIpc) is 3.46. The first-order valence-corrected chi connectivity index (χ1v) is 11.6. The number of carbonyl (C=O) groups is 1. The Morgan fingerprint density at radius 2 is 1.97 bits per heavy atom. The zero-order valence-corrected chi connectivity index (χ0v) is 18.7. The van der Waals surface area contributed by atoms with E-state index in [0.717, 1.165) is 55.8 Å². The monoisotopic (exact) mass is 429 g/mol. The Morgan fingerprint density at radius 3 is 2.63 bits per heavy atom. The van der Waals surface area contributed by atoms with E-state index in [4.69, 9.17) is 4.74 Å². The summed E-state index contributed by atoms with van der Waals surface area (Å²) in [5.74, 6) is 0.858. The number of benzene rings is 1. The van der Waals surface area contributed by atoms with Crippen molar-refractivity contribution in [3.8, 4) is 5.75 Å². The van der Waals surface area contributed by atoms with E-state index >= 15 is 0 Å². The Kier molecular flexibility index (Phi) is 6.74. The lowest BCUT2D eigenvalue weighted by atomic mass is 10.1. The molecule has 2 saturated heterocycles. The van der Waals surface area contributed by atoms with Gasteiger partial charge >= 0.3 is 6.03 Å². The third-order valence-corrected chi connectivity index (χ3v) is 6.97. The second-order valence-electron chi connectivity index (χ2n) is 7.97. The van der Waals surface area contributed by atoms with E-state index in [-0.39, 0.29) is 12.1 Å². The topological polar surface area (TPSA) is 60.9 Å². The molecule has 30 heavy (non-hydrogen) atoms. The lowest BCUT2D eigenvalue weighted by Crippen LogP contribution is -2.52. The zero-order chi connectivity index (χ0) is 20.9. The highest BCUT2D eigenvalue weighted by atomic mass is 32.1. The lowest BCUT2D eigenvalue weighted by molar-refractivity contribution is 0.185. The number of aryl methyl sites for hydroxylation is 1. The minimum Gasteiger partial charge on any atom is -0.497 e. The molecule has 1 aromatic carbocycles. The van der Waals surface area contributed by atoms with Crippen molar-refractivity contribution in [2.75, 3.05) is 57.8 Å². The molecule has 2 aliphatic heterocycles. The van der Waals surface area contributed by atoms with Crippen LogP contribution in [0.5, 0.6) is 5.75 Å². The molecule has 8 heteroatoms. The minimum atomic E-state index is 0.0251. The van der Waals surface area contributed by atoms with Crippen molar-refractivity contribution in [3.63, 3.8) is 0 Å². The van der Waals surface area contributed by atoms with E-state index in [1.165, 1.54) is 18.4 Å². The molecule has 1 N–H and O–H groups in total. The molecular weight excluding hydrogens is 398 g/mol. The Balaban J connectivity index is 1.34. The third kappa shape index (κ3) is 4.87. The van der Waals surface area contributed by atoms with Crippen molar-refractivity contribution >= 4 is 22.5 Å². The van der Waals surface area contributed by atoms with Crippen LogP contribution < -0.4 is 15.0 Å². The maximum Gasteiger partial charge on any atom is 0.317 e. The van der Waals surface area contributed by atoms with E-state index in [1.807, 2.05) is 24.0 Å². The van der Waals surface area contributed by atoms with Crippen LogP contribution in [-0.2, 0) is 0 Å². The Morgan fingerprint density at radius 1 is 1.20 bits per heavy atom. The van der Waals surface area contributed by atoms with Gasteiger partial charge in [-0.3, -0.25) is 4.90 Å². The van der Waals surface area contributed by atoms with Crippen molar-refractivity contribution in [2.45, 2.75) is 25.8 Å². The van der Waals surface area contributed by atoms with Gasteiger partial charge in [-0.15, -0.1) is 11.3 Å². The summed E-state index contributed by atoms with van der Waals surface area (Å²) in [5, 5.41) is 6.33. The maximum atomic E-state index is 12.9. The molecule has 7 nitrogen and oxygen atoms in total. The number of ether oxygens (including phenoxy) is 1. The summed E-state index contributed by atoms with van der Waals surface area (Å²) in [6, 6.07) is 8.41. The van der Waals surface area contributed by atoms with Crippen LogP contribution in [0.25, 0.3) is 0 Å². The molecule has 0 saturated carbocycles. The van der Waals surface area contributed by atoms with Gasteiger partial charge in [0.2, 0.25) is 0 Å². The Bertz CT molecular complexity index is 844. The fourth-order valence-corrected chi connectivity index (χ4v) is 5.10. The summed E-state index contributed by atoms with van der Waals surface area (Å²) in [6.07, 6.45) is 2.43. The highest BCUT2D eigenvalue weighted by Gasteiger charge is 2.27. The Labute approximate surface area is 182 Å². The van der Waals surface area contributed by atoms with Crippen molar-refractivity contribution in [1.29, 1.82) is 0 Å². The number of aromatic nitrogens is 1. The van der Waals surface area contributed by atoms with Crippen LogP contribution in [0.3, 0.4) is 0 Å². The molecule has 0 radical (unpaired) electrons. The molecule has 0 spiro atoms. The van der Waals surface area contributed by atoms with E-state index in [1.54, 1.807) is 18.4 Å². The van der Waals surface area contributed by atoms with Gasteiger partial charge in [-0.1, -0.05) is 12.1 Å². The summed E-state index contributed by atoms with van der Waals surface area (Å²) in [4.78, 5) is 24.1. The number of piperazine rings is 1. The second kappa shape index (κ2) is 9.66. The number of thiazole rings is 1. The highest BCUT2D eigenvalue weighted by molar-refractivity contribution is 7.13. The smallest absolute Gasteiger partial charge is 0.317 e. The first kappa shape index (κ1) is 20.9. The molecular formula is C22H31N5O2S. The minimum absolute atomic E-state index is 0.0251. The standard InChI is InChI=1S/C22H31N5O2S/c1-17-16-30-22(24-17)27-12-10-26(11-13-27)21(28)23-15-20(25-8-3-4-9-25)18-6-5-7-19(14-18)29-2/h5-7,14,16,20H,3-4,8-13,15H2,1-2H3,(H,23,28). The summed E-state index contributed by atoms with van der Waals surface area (Å²) in [5.41, 5.74) is 2.25. The average molecular weight is 430 g/mol. The molecule has 4 rings (SSSR count). The number of anilines is 1. The summed E-state index contributed by atoms with van der Waals surface area (Å²) in [6.45, 7) is 7.86. The predicted molar refractivity (Wildman–Crippen MR) is 121 cm³/mol. The number of urea groups is 1. The number of rotatable bonds is 6. The first-order chi connectivity index (χ1) is 14.6. The number of hydrogen-bond acceptors (Lipinski definition) is 6. The molecule has 0 bridgehead atoms. The van der Waals surface area contributed by atoms with Gasteiger partial charge in [0, 0.05) is 38.1 Å². The van der Waals surface area contributed by atoms with Crippen LogP contribution in [0, 0.1) is 6.92 Å². The SMILES string of the molecule is COc1cccc(C(CNC(=O)N2CCN(c3nc(C)cs3)CC2)N2CCCC2)c1. The molecule has 0 aliphatic carbocycles. The lowest BCUT2D eigenvalue weighted by Gasteiger charge is -2.35. The fourth-order valence-electron chi connectivity index (χ4n) is 4.24. The number of methoxy groups -OCH3 is 1. The largest absolute Gasteiger partial charge is 0.497 e. The zero-order valence-electron chi connectivity index (χ0n) is 17.8. The molecule has 2 aliphatic rings. The number of likely N-dealkylation sites (tertiary alicyclic amines) is 1. The van der Waals surface area contributed by atoms with Crippen molar-refractivity contribution < 1.29 is 9.53 Å². The third-order valence-electron chi connectivity index (χ3n) is 5.95. The van der Waals surface area contributed by atoms with Crippen molar-refractivity contribution in [3.05, 3.63) is 40.9 Å². The van der Waals surface area contributed by atoms with Gasteiger partial charge in [-0.25, -0.2) is 9.78 Å². The normalized spacial score (nSPS) is 18.5. The number of amides is 2.